The van der Waals surface area contributed by atoms with Crippen LogP contribution in [0, 0.1) is 0 Å². The molecule has 0 spiro atoms. The lowest BCUT2D eigenvalue weighted by atomic mass is 9.73. The molecule has 2 atom stereocenters. The summed E-state index contributed by atoms with van der Waals surface area (Å²) in [6, 6.07) is 15.3. The predicted octanol–water partition coefficient (Wildman–Crippen LogP) is 4.26. The van der Waals surface area contributed by atoms with Crippen molar-refractivity contribution in [3.05, 3.63) is 59.7 Å². The van der Waals surface area contributed by atoms with E-state index in [1.165, 1.54) is 25.7 Å². The fourth-order valence-corrected chi connectivity index (χ4v) is 6.39. The van der Waals surface area contributed by atoms with E-state index < -0.39 is 10.1 Å². The van der Waals surface area contributed by atoms with Crippen molar-refractivity contribution >= 4 is 10.1 Å². The Kier molecular flexibility index (Phi) is 5.02. The van der Waals surface area contributed by atoms with Crippen LogP contribution in [0.4, 0.5) is 0 Å². The highest BCUT2D eigenvalue weighted by atomic mass is 32.2. The van der Waals surface area contributed by atoms with Crippen molar-refractivity contribution in [3.8, 4) is 11.5 Å². The van der Waals surface area contributed by atoms with E-state index in [0.29, 0.717) is 17.4 Å². The third-order valence-electron chi connectivity index (χ3n) is 7.12. The second-order valence-corrected chi connectivity index (χ2v) is 10.7. The smallest absolute Gasteiger partial charge is 0.313 e. The number of hydrogen-bond acceptors (Lipinski definition) is 5. The van der Waals surface area contributed by atoms with Gasteiger partial charge in [-0.1, -0.05) is 50.1 Å². The van der Waals surface area contributed by atoms with E-state index in [-0.39, 0.29) is 17.3 Å². The van der Waals surface area contributed by atoms with Crippen LogP contribution >= 0.6 is 0 Å². The fourth-order valence-electron chi connectivity index (χ4n) is 5.34. The van der Waals surface area contributed by atoms with Crippen molar-refractivity contribution in [1.29, 1.82) is 0 Å². The summed E-state index contributed by atoms with van der Waals surface area (Å²) in [5.74, 6) is 1.09. The fraction of sp³-hybridized carbons (Fsp3) is 0.500. The molecule has 0 bridgehead atoms. The van der Waals surface area contributed by atoms with Crippen molar-refractivity contribution in [1.82, 2.24) is 4.90 Å². The van der Waals surface area contributed by atoms with E-state index in [1.807, 2.05) is 30.3 Å². The number of likely N-dealkylation sites (tertiary alicyclic amines) is 1. The first kappa shape index (κ1) is 19.9. The van der Waals surface area contributed by atoms with Crippen LogP contribution in [0.3, 0.4) is 0 Å². The van der Waals surface area contributed by atoms with Gasteiger partial charge in [0.25, 0.3) is 0 Å². The van der Waals surface area contributed by atoms with E-state index >= 15 is 0 Å². The lowest BCUT2D eigenvalue weighted by molar-refractivity contribution is 0.0295. The van der Waals surface area contributed by atoms with Crippen molar-refractivity contribution in [2.24, 2.45) is 0 Å². The first-order valence-corrected chi connectivity index (χ1v) is 12.5. The van der Waals surface area contributed by atoms with Crippen LogP contribution in [0.5, 0.6) is 11.5 Å². The number of rotatable bonds is 5. The highest BCUT2D eigenvalue weighted by Crippen LogP contribution is 2.49. The van der Waals surface area contributed by atoms with Gasteiger partial charge in [0.05, 0.1) is 0 Å². The molecule has 1 saturated carbocycles. The van der Waals surface area contributed by atoms with Gasteiger partial charge in [-0.15, -0.1) is 0 Å². The topological polar surface area (TPSA) is 55.8 Å². The average molecular weight is 428 g/mol. The predicted molar refractivity (Wildman–Crippen MR) is 116 cm³/mol. The Balaban J connectivity index is 1.33. The van der Waals surface area contributed by atoms with Crippen LogP contribution in [0.1, 0.15) is 50.2 Å². The van der Waals surface area contributed by atoms with Gasteiger partial charge >= 0.3 is 10.1 Å². The van der Waals surface area contributed by atoms with E-state index in [1.54, 1.807) is 18.2 Å². The first-order chi connectivity index (χ1) is 14.4. The Morgan fingerprint density at radius 2 is 1.90 bits per heavy atom. The highest BCUT2D eigenvalue weighted by Gasteiger charge is 2.49. The van der Waals surface area contributed by atoms with Gasteiger partial charge in [-0.2, -0.15) is 8.42 Å². The zero-order chi connectivity index (χ0) is 20.8. The maximum atomic E-state index is 12.6. The molecule has 0 N–H and O–H groups in total. The molecule has 2 heterocycles. The van der Waals surface area contributed by atoms with Crippen LogP contribution in [0.25, 0.3) is 0 Å². The highest BCUT2D eigenvalue weighted by molar-refractivity contribution is 7.86. The molecular weight excluding hydrogens is 398 g/mol. The molecule has 5 nitrogen and oxygen atoms in total. The quantitative estimate of drug-likeness (QED) is 0.668. The molecule has 5 rings (SSSR count). The van der Waals surface area contributed by atoms with E-state index in [2.05, 4.69) is 11.8 Å². The van der Waals surface area contributed by atoms with Gasteiger partial charge < -0.3 is 8.92 Å². The molecule has 2 unspecified atom stereocenters. The number of fused-ring (bicyclic) bond motifs is 3. The Bertz CT molecular complexity index is 1020. The van der Waals surface area contributed by atoms with Crippen LogP contribution < -0.4 is 8.92 Å². The average Bonchev–Trinajstić information content (AvgIpc) is 3.34. The number of hydrogen-bond donors (Lipinski definition) is 0. The molecule has 160 valence electrons. The van der Waals surface area contributed by atoms with Gasteiger partial charge in [0, 0.05) is 23.6 Å². The minimum Gasteiger partial charge on any atom is -0.488 e. The van der Waals surface area contributed by atoms with Crippen molar-refractivity contribution < 1.29 is 17.3 Å². The number of piperidine rings is 1. The summed E-state index contributed by atoms with van der Waals surface area (Å²) in [5.41, 5.74) is 1.69. The van der Waals surface area contributed by atoms with Crippen LogP contribution in [0.15, 0.2) is 48.5 Å². The van der Waals surface area contributed by atoms with Crippen LogP contribution in [-0.4, -0.2) is 38.6 Å². The van der Waals surface area contributed by atoms with Gasteiger partial charge in [-0.25, -0.2) is 0 Å². The number of ether oxygens (including phenoxy) is 1. The largest absolute Gasteiger partial charge is 0.488 e. The molecule has 6 heteroatoms. The molecule has 2 aromatic carbocycles. The Morgan fingerprint density at radius 1 is 1.13 bits per heavy atom. The summed E-state index contributed by atoms with van der Waals surface area (Å²) in [7, 11) is -3.72. The zero-order valence-corrected chi connectivity index (χ0v) is 18.2. The molecule has 0 amide bonds. The molecule has 0 radical (unpaired) electrons. The third-order valence-corrected chi connectivity index (χ3v) is 8.25. The van der Waals surface area contributed by atoms with Crippen LogP contribution in [0.2, 0.25) is 0 Å². The van der Waals surface area contributed by atoms with E-state index in [0.717, 1.165) is 30.8 Å². The lowest BCUT2D eigenvalue weighted by Gasteiger charge is -2.43. The number of nitrogens with zero attached hydrogens (tertiary/aromatic N) is 1. The molecule has 30 heavy (non-hydrogen) atoms. The Hall–Kier alpha value is -2.05. The Labute approximate surface area is 179 Å². The molecule has 2 fully saturated rings. The van der Waals surface area contributed by atoms with Crippen LogP contribution in [-0.2, 0) is 21.3 Å². The standard InChI is InChI=1S/C24H29NO4S/c1-24-13-14-25(19-9-5-6-10-19)16-23(24)28-22-12-11-20(15-21(22)24)29-30(26,27)17-18-7-3-2-4-8-18/h2-4,7-8,11-12,15,19,23H,5-6,9-10,13-14,16-17H2,1H3. The summed E-state index contributed by atoms with van der Waals surface area (Å²) < 4.78 is 36.9. The van der Waals surface area contributed by atoms with Gasteiger partial charge in [0.1, 0.15) is 23.4 Å². The maximum absolute atomic E-state index is 12.6. The molecule has 1 saturated heterocycles. The molecule has 3 aliphatic rings. The lowest BCUT2D eigenvalue weighted by Crippen LogP contribution is -2.53. The minimum atomic E-state index is -3.72. The molecule has 1 aliphatic carbocycles. The second kappa shape index (κ2) is 7.57. The summed E-state index contributed by atoms with van der Waals surface area (Å²) in [4.78, 5) is 2.60. The van der Waals surface area contributed by atoms with E-state index in [4.69, 9.17) is 8.92 Å². The number of benzene rings is 2. The summed E-state index contributed by atoms with van der Waals surface area (Å²) >= 11 is 0. The van der Waals surface area contributed by atoms with Gasteiger partial charge in [0.2, 0.25) is 0 Å². The van der Waals surface area contributed by atoms with Gasteiger partial charge in [-0.3, -0.25) is 4.90 Å². The monoisotopic (exact) mass is 427 g/mol. The van der Waals surface area contributed by atoms with Crippen molar-refractivity contribution in [3.63, 3.8) is 0 Å². The second-order valence-electron chi connectivity index (χ2n) is 9.14. The van der Waals surface area contributed by atoms with Gasteiger partial charge in [-0.05, 0) is 49.6 Å². The SMILES string of the molecule is CC12CCN(C3CCCC3)CC1Oc1ccc(OS(=O)(=O)Cc3ccccc3)cc12. The molecular formula is C24H29NO4S. The maximum Gasteiger partial charge on any atom is 0.313 e. The summed E-state index contributed by atoms with van der Waals surface area (Å²) in [5, 5.41) is 0. The van der Waals surface area contributed by atoms with Crippen molar-refractivity contribution in [2.45, 2.75) is 62.3 Å². The molecule has 2 aliphatic heterocycles. The van der Waals surface area contributed by atoms with Gasteiger partial charge in [0.15, 0.2) is 0 Å². The minimum absolute atomic E-state index is 0.104. The first-order valence-electron chi connectivity index (χ1n) is 10.9. The summed E-state index contributed by atoms with van der Waals surface area (Å²) in [6.45, 7) is 4.26. The normalized spacial score (nSPS) is 26.8. The molecule has 0 aromatic heterocycles. The zero-order valence-electron chi connectivity index (χ0n) is 17.4. The molecule has 2 aromatic rings. The van der Waals surface area contributed by atoms with E-state index in [9.17, 15) is 8.42 Å². The Morgan fingerprint density at radius 3 is 2.67 bits per heavy atom. The van der Waals surface area contributed by atoms with Crippen molar-refractivity contribution in [2.75, 3.05) is 13.1 Å². The third kappa shape index (κ3) is 3.71. The summed E-state index contributed by atoms with van der Waals surface area (Å²) in [6.07, 6.45) is 6.39.